The van der Waals surface area contributed by atoms with Gasteiger partial charge in [0.1, 0.15) is 0 Å². The van der Waals surface area contributed by atoms with Crippen LogP contribution in [0.25, 0.3) is 0 Å². The largest absolute Gasteiger partial charge is 0.0654 e. The Hall–Kier alpha value is 0.217. The minimum Gasteiger partial charge on any atom is -0.0654 e. The zero-order chi connectivity index (χ0) is 14.9. The molecular formula is C20H40Si. The Morgan fingerprint density at radius 3 is 1.67 bits per heavy atom. The lowest BCUT2D eigenvalue weighted by Crippen LogP contribution is -2.35. The van der Waals surface area contributed by atoms with Gasteiger partial charge in [-0.3, -0.25) is 0 Å². The molecule has 0 aliphatic heterocycles. The monoisotopic (exact) mass is 308 g/mol. The van der Waals surface area contributed by atoms with Gasteiger partial charge in [-0.05, 0) is 16.6 Å². The molecule has 2 fully saturated rings. The van der Waals surface area contributed by atoms with Crippen molar-refractivity contribution in [3.63, 3.8) is 0 Å². The van der Waals surface area contributed by atoms with E-state index in [4.69, 9.17) is 0 Å². The molecule has 2 rings (SSSR count). The Balaban J connectivity index is 2.06. The third-order valence-electron chi connectivity index (χ3n) is 6.52. The molecule has 0 aromatic rings. The first-order valence-electron chi connectivity index (χ1n) is 10.4. The van der Waals surface area contributed by atoms with Crippen LogP contribution in [0.2, 0.25) is 16.6 Å². The summed E-state index contributed by atoms with van der Waals surface area (Å²) in [5.74, 6) is 0. The molecule has 1 unspecified atom stereocenters. The Bertz CT molecular complexity index is 233. The molecule has 21 heavy (non-hydrogen) atoms. The molecule has 0 aromatic carbocycles. The average Bonchev–Trinajstić information content (AvgIpc) is 2.55. The second kappa shape index (κ2) is 10.1. The van der Waals surface area contributed by atoms with E-state index in [0.717, 1.165) is 0 Å². The fourth-order valence-corrected chi connectivity index (χ4v) is 11.7. The summed E-state index contributed by atoms with van der Waals surface area (Å²) in [6.07, 6.45) is 23.4. The summed E-state index contributed by atoms with van der Waals surface area (Å²) in [5, 5.41) is 0. The van der Waals surface area contributed by atoms with E-state index in [9.17, 15) is 0 Å². The predicted octanol–water partition coefficient (Wildman–Crippen LogP) is 7.24. The topological polar surface area (TPSA) is 0 Å². The molecule has 2 aliphatic rings. The molecular weight excluding hydrogens is 268 g/mol. The summed E-state index contributed by atoms with van der Waals surface area (Å²) in [4.78, 5) is 0. The number of unbranched alkanes of at least 4 members (excludes halogenated alkanes) is 1. The summed E-state index contributed by atoms with van der Waals surface area (Å²) in [6.45, 7) is 4.83. The first kappa shape index (κ1) is 17.6. The van der Waals surface area contributed by atoms with Crippen molar-refractivity contribution in [2.45, 2.75) is 127 Å². The van der Waals surface area contributed by atoms with Gasteiger partial charge in [-0.25, -0.2) is 0 Å². The van der Waals surface area contributed by atoms with Crippen LogP contribution in [-0.4, -0.2) is 8.80 Å². The highest BCUT2D eigenvalue weighted by Crippen LogP contribution is 2.48. The van der Waals surface area contributed by atoms with Crippen LogP contribution >= 0.6 is 0 Å². The lowest BCUT2D eigenvalue weighted by molar-refractivity contribution is 0.446. The van der Waals surface area contributed by atoms with Crippen LogP contribution in [0.4, 0.5) is 0 Å². The van der Waals surface area contributed by atoms with E-state index in [-0.39, 0.29) is 0 Å². The summed E-state index contributed by atoms with van der Waals surface area (Å²) in [5.41, 5.74) is 3.66. The van der Waals surface area contributed by atoms with Crippen molar-refractivity contribution in [1.29, 1.82) is 0 Å². The highest BCUT2D eigenvalue weighted by atomic mass is 28.3. The number of hydrogen-bond donors (Lipinski definition) is 0. The normalized spacial score (nSPS) is 23.6. The van der Waals surface area contributed by atoms with E-state index in [0.29, 0.717) is 0 Å². The molecule has 0 bridgehead atoms. The Kier molecular flexibility index (Phi) is 8.43. The molecule has 0 radical (unpaired) electrons. The minimum absolute atomic E-state index is 0.561. The lowest BCUT2D eigenvalue weighted by atomic mass is 9.99. The van der Waals surface area contributed by atoms with Crippen molar-refractivity contribution in [2.75, 3.05) is 0 Å². The second-order valence-electron chi connectivity index (χ2n) is 8.06. The van der Waals surface area contributed by atoms with Gasteiger partial charge < -0.3 is 0 Å². The maximum absolute atomic E-state index is 2.44. The molecule has 0 nitrogen and oxygen atoms in total. The zero-order valence-electron chi connectivity index (χ0n) is 14.9. The predicted molar refractivity (Wildman–Crippen MR) is 99.0 cm³/mol. The van der Waals surface area contributed by atoms with Crippen molar-refractivity contribution >= 4 is 8.80 Å². The first-order chi connectivity index (χ1) is 10.4. The number of rotatable bonds is 8. The van der Waals surface area contributed by atoms with Crippen LogP contribution in [0.3, 0.4) is 0 Å². The van der Waals surface area contributed by atoms with Gasteiger partial charge in [0.15, 0.2) is 0 Å². The van der Waals surface area contributed by atoms with Gasteiger partial charge in [-0.1, -0.05) is 110 Å². The van der Waals surface area contributed by atoms with Gasteiger partial charge >= 0.3 is 0 Å². The van der Waals surface area contributed by atoms with Crippen LogP contribution in [0.5, 0.6) is 0 Å². The summed E-state index contributed by atoms with van der Waals surface area (Å²) in [7, 11) is -0.561. The van der Waals surface area contributed by atoms with Crippen molar-refractivity contribution in [1.82, 2.24) is 0 Å². The van der Waals surface area contributed by atoms with Gasteiger partial charge in [-0.15, -0.1) is 0 Å². The molecule has 0 N–H and O–H groups in total. The molecule has 0 spiro atoms. The van der Waals surface area contributed by atoms with Crippen molar-refractivity contribution in [2.24, 2.45) is 0 Å². The third kappa shape index (κ3) is 5.41. The van der Waals surface area contributed by atoms with E-state index in [1.807, 2.05) is 0 Å². The maximum Gasteiger partial charge on any atom is 0.0461 e. The van der Waals surface area contributed by atoms with E-state index >= 15 is 0 Å². The molecule has 0 saturated heterocycles. The molecule has 0 amide bonds. The van der Waals surface area contributed by atoms with Crippen molar-refractivity contribution in [3.05, 3.63) is 0 Å². The third-order valence-corrected chi connectivity index (χ3v) is 11.8. The van der Waals surface area contributed by atoms with Gasteiger partial charge in [0.05, 0.1) is 0 Å². The summed E-state index contributed by atoms with van der Waals surface area (Å²) < 4.78 is 0. The second-order valence-corrected chi connectivity index (χ2v) is 12.0. The molecule has 124 valence electrons. The Morgan fingerprint density at radius 2 is 1.24 bits per heavy atom. The standard InChI is InChI=1S/C20H40Si/c1-3-5-13-18(12-4-2)21(19-14-8-6-9-15-19)20-16-10-7-11-17-20/h18-21H,3-17H2,1-2H3. The van der Waals surface area contributed by atoms with Crippen LogP contribution in [0.1, 0.15) is 110 Å². The van der Waals surface area contributed by atoms with E-state index in [1.165, 1.54) is 48.7 Å². The first-order valence-corrected chi connectivity index (χ1v) is 12.4. The molecule has 1 heteroatoms. The summed E-state index contributed by atoms with van der Waals surface area (Å²) in [6, 6.07) is 0. The van der Waals surface area contributed by atoms with Crippen LogP contribution in [0.15, 0.2) is 0 Å². The fourth-order valence-electron chi connectivity index (χ4n) is 5.56. The molecule has 1 atom stereocenters. The highest BCUT2D eigenvalue weighted by molar-refractivity contribution is 6.63. The van der Waals surface area contributed by atoms with Crippen molar-refractivity contribution in [3.8, 4) is 0 Å². The van der Waals surface area contributed by atoms with Crippen LogP contribution < -0.4 is 0 Å². The fraction of sp³-hybridized carbons (Fsp3) is 1.00. The molecule has 0 aromatic heterocycles. The van der Waals surface area contributed by atoms with Gasteiger partial charge in [-0.2, -0.15) is 0 Å². The van der Waals surface area contributed by atoms with Crippen LogP contribution in [-0.2, 0) is 0 Å². The Labute approximate surface area is 136 Å². The number of hydrogen-bond acceptors (Lipinski definition) is 0. The minimum atomic E-state index is -0.561. The highest BCUT2D eigenvalue weighted by Gasteiger charge is 2.37. The van der Waals surface area contributed by atoms with Crippen molar-refractivity contribution < 1.29 is 0 Å². The maximum atomic E-state index is 2.44. The van der Waals surface area contributed by atoms with Gasteiger partial charge in [0.2, 0.25) is 0 Å². The average molecular weight is 309 g/mol. The summed E-state index contributed by atoms with van der Waals surface area (Å²) >= 11 is 0. The van der Waals surface area contributed by atoms with Gasteiger partial charge in [0, 0.05) is 8.80 Å². The molecule has 2 saturated carbocycles. The van der Waals surface area contributed by atoms with E-state index < -0.39 is 8.80 Å². The molecule has 0 heterocycles. The molecule has 2 aliphatic carbocycles. The van der Waals surface area contributed by atoms with E-state index in [1.54, 1.807) is 64.2 Å². The SMILES string of the molecule is CCCCC(CCC)[SiH](C1CCCCC1)C1CCCCC1. The van der Waals surface area contributed by atoms with Crippen LogP contribution in [0, 0.1) is 0 Å². The zero-order valence-corrected chi connectivity index (χ0v) is 16.1. The lowest BCUT2D eigenvalue weighted by Gasteiger charge is -2.41. The van der Waals surface area contributed by atoms with Gasteiger partial charge in [0.25, 0.3) is 0 Å². The Morgan fingerprint density at radius 1 is 0.714 bits per heavy atom. The van der Waals surface area contributed by atoms with E-state index in [2.05, 4.69) is 13.8 Å². The quantitative estimate of drug-likeness (QED) is 0.414. The smallest absolute Gasteiger partial charge is 0.0461 e.